The van der Waals surface area contributed by atoms with Gasteiger partial charge in [-0.25, -0.2) is 0 Å². The van der Waals surface area contributed by atoms with Crippen molar-refractivity contribution in [2.75, 3.05) is 0 Å². The second-order valence-electron chi connectivity index (χ2n) is 5.95. The van der Waals surface area contributed by atoms with Crippen LogP contribution in [0.3, 0.4) is 0 Å². The molecule has 0 N–H and O–H groups in total. The fraction of sp³-hybridized carbons (Fsp3) is 0.238. The first-order chi connectivity index (χ1) is 10.3. The summed E-state index contributed by atoms with van der Waals surface area (Å²) in [6, 6.07) is 21.0. The Morgan fingerprint density at radius 3 is 1.67 bits per heavy atom. The van der Waals surface area contributed by atoms with E-state index in [0.717, 1.165) is 5.92 Å². The number of benzene rings is 2. The van der Waals surface area contributed by atoms with Crippen LogP contribution in [0.4, 0.5) is 0 Å². The molecule has 0 aromatic heterocycles. The summed E-state index contributed by atoms with van der Waals surface area (Å²) in [6.07, 6.45) is 8.50. The zero-order valence-electron chi connectivity index (χ0n) is 12.6. The van der Waals surface area contributed by atoms with Crippen LogP contribution in [0.25, 0.3) is 12.2 Å². The minimum Gasteiger partial charge on any atom is -0.0690 e. The molecule has 0 radical (unpaired) electrons. The van der Waals surface area contributed by atoms with E-state index < -0.39 is 0 Å². The Kier molecular flexibility index (Phi) is 4.35. The summed E-state index contributed by atoms with van der Waals surface area (Å²) >= 11 is 0. The molecule has 4 rings (SSSR count). The van der Waals surface area contributed by atoms with E-state index in [-0.39, 0.29) is 0 Å². The number of rotatable bonds is 2. The first-order valence-electron chi connectivity index (χ1n) is 7.81. The van der Waals surface area contributed by atoms with Crippen LogP contribution in [0.5, 0.6) is 0 Å². The van der Waals surface area contributed by atoms with Crippen molar-refractivity contribution < 1.29 is 0 Å². The molecule has 106 valence electrons. The molecule has 1 unspecified atom stereocenters. The van der Waals surface area contributed by atoms with Crippen molar-refractivity contribution in [2.24, 2.45) is 5.92 Å². The average molecular weight is 274 g/mol. The third-order valence-electron chi connectivity index (χ3n) is 3.88. The Bertz CT molecular complexity index is 626. The van der Waals surface area contributed by atoms with Gasteiger partial charge in [0.25, 0.3) is 0 Å². The zero-order valence-corrected chi connectivity index (χ0v) is 12.6. The van der Waals surface area contributed by atoms with Gasteiger partial charge in [-0.05, 0) is 36.3 Å². The molecule has 0 heteroatoms. The maximum Gasteiger partial charge on any atom is -0.0191 e. The van der Waals surface area contributed by atoms with Gasteiger partial charge in [0.15, 0.2) is 0 Å². The Morgan fingerprint density at radius 2 is 1.24 bits per heavy atom. The monoisotopic (exact) mass is 274 g/mol. The number of allylic oxidation sites excluding steroid dienone is 2. The molecule has 2 saturated carbocycles. The molecule has 2 aliphatic carbocycles. The van der Waals surface area contributed by atoms with Gasteiger partial charge in [-0.15, -0.1) is 0 Å². The van der Waals surface area contributed by atoms with Gasteiger partial charge in [-0.1, -0.05) is 90.9 Å². The number of hydrogen-bond donors (Lipinski definition) is 0. The lowest BCUT2D eigenvalue weighted by atomic mass is 10.2. The highest BCUT2D eigenvalue weighted by Crippen LogP contribution is 2.38. The highest BCUT2D eigenvalue weighted by Gasteiger charge is 2.23. The van der Waals surface area contributed by atoms with Crippen LogP contribution in [-0.2, 0) is 0 Å². The average Bonchev–Trinajstić information content (AvgIpc) is 3.43. The molecule has 0 heterocycles. The second kappa shape index (κ2) is 6.58. The molecule has 2 aliphatic rings. The summed E-state index contributed by atoms with van der Waals surface area (Å²) in [5.41, 5.74) is 5.87. The van der Waals surface area contributed by atoms with Gasteiger partial charge < -0.3 is 0 Å². The van der Waals surface area contributed by atoms with Gasteiger partial charge >= 0.3 is 0 Å². The van der Waals surface area contributed by atoms with Gasteiger partial charge in [-0.3, -0.25) is 0 Å². The lowest BCUT2D eigenvalue weighted by Crippen LogP contribution is -1.67. The van der Waals surface area contributed by atoms with E-state index in [1.54, 1.807) is 11.1 Å². The van der Waals surface area contributed by atoms with Crippen LogP contribution < -0.4 is 0 Å². The largest absolute Gasteiger partial charge is 0.0690 e. The molecule has 0 bridgehead atoms. The summed E-state index contributed by atoms with van der Waals surface area (Å²) in [5, 5.41) is 0. The van der Waals surface area contributed by atoms with Gasteiger partial charge in [0.2, 0.25) is 0 Å². The summed E-state index contributed by atoms with van der Waals surface area (Å²) < 4.78 is 0. The quantitative estimate of drug-likeness (QED) is 0.632. The lowest BCUT2D eigenvalue weighted by Gasteiger charge is -1.88. The van der Waals surface area contributed by atoms with Crippen molar-refractivity contribution in [2.45, 2.75) is 26.2 Å². The first-order valence-corrected chi connectivity index (χ1v) is 7.81. The summed E-state index contributed by atoms with van der Waals surface area (Å²) in [4.78, 5) is 0. The molecule has 0 amide bonds. The molecule has 2 aromatic carbocycles. The van der Waals surface area contributed by atoms with E-state index in [1.807, 2.05) is 0 Å². The Labute approximate surface area is 127 Å². The molecule has 0 saturated heterocycles. The Hall–Kier alpha value is -2.08. The summed E-state index contributed by atoms with van der Waals surface area (Å²) in [6.45, 7) is 2.27. The Morgan fingerprint density at radius 1 is 0.762 bits per heavy atom. The third-order valence-corrected chi connectivity index (χ3v) is 3.88. The standard InChI is InChI=1S/C11H12.C10H10/c1-9-7-11(9)8-10-5-3-2-4-6-10;1-2-4-9(5-3-1)8-10-6-7-10/h2-6,8-9H,7H2,1H3;1-5,8H,6-7H2. The van der Waals surface area contributed by atoms with E-state index in [0.29, 0.717) is 0 Å². The van der Waals surface area contributed by atoms with E-state index in [4.69, 9.17) is 0 Å². The van der Waals surface area contributed by atoms with Crippen LogP contribution in [-0.4, -0.2) is 0 Å². The van der Waals surface area contributed by atoms with Crippen molar-refractivity contribution in [3.8, 4) is 0 Å². The van der Waals surface area contributed by atoms with Crippen molar-refractivity contribution in [3.05, 3.63) is 82.9 Å². The maximum atomic E-state index is 2.30. The van der Waals surface area contributed by atoms with Crippen LogP contribution in [0, 0.1) is 5.92 Å². The third kappa shape index (κ3) is 4.75. The van der Waals surface area contributed by atoms with E-state index in [9.17, 15) is 0 Å². The normalized spacial score (nSPS) is 20.5. The zero-order chi connectivity index (χ0) is 14.5. The van der Waals surface area contributed by atoms with E-state index in [2.05, 4.69) is 79.7 Å². The minimum atomic E-state index is 0.843. The van der Waals surface area contributed by atoms with Gasteiger partial charge in [0, 0.05) is 0 Å². The molecule has 2 fully saturated rings. The smallest absolute Gasteiger partial charge is 0.0191 e. The molecular formula is C21H22. The first kappa shape index (κ1) is 13.9. The fourth-order valence-electron chi connectivity index (χ4n) is 2.26. The van der Waals surface area contributed by atoms with E-state index in [1.165, 1.54) is 30.4 Å². The SMILES string of the molecule is C(=C1CC1)c1ccccc1.CC1CC1=Cc1ccccc1. The summed E-state index contributed by atoms with van der Waals surface area (Å²) in [7, 11) is 0. The van der Waals surface area contributed by atoms with Crippen molar-refractivity contribution in [1.82, 2.24) is 0 Å². The van der Waals surface area contributed by atoms with Crippen LogP contribution in [0.2, 0.25) is 0 Å². The second-order valence-corrected chi connectivity index (χ2v) is 5.95. The molecular weight excluding hydrogens is 252 g/mol. The van der Waals surface area contributed by atoms with Crippen molar-refractivity contribution >= 4 is 12.2 Å². The van der Waals surface area contributed by atoms with Crippen LogP contribution in [0.1, 0.15) is 37.3 Å². The van der Waals surface area contributed by atoms with E-state index >= 15 is 0 Å². The molecule has 2 aromatic rings. The molecule has 0 aliphatic heterocycles. The lowest BCUT2D eigenvalue weighted by molar-refractivity contribution is 1.02. The molecule has 21 heavy (non-hydrogen) atoms. The van der Waals surface area contributed by atoms with Crippen LogP contribution >= 0.6 is 0 Å². The fourth-order valence-corrected chi connectivity index (χ4v) is 2.26. The highest BCUT2D eigenvalue weighted by molar-refractivity contribution is 5.57. The predicted molar refractivity (Wildman–Crippen MR) is 91.9 cm³/mol. The Balaban J connectivity index is 0.000000126. The van der Waals surface area contributed by atoms with Gasteiger partial charge in [0.1, 0.15) is 0 Å². The molecule has 0 spiro atoms. The topological polar surface area (TPSA) is 0 Å². The van der Waals surface area contributed by atoms with Crippen molar-refractivity contribution in [1.29, 1.82) is 0 Å². The highest BCUT2D eigenvalue weighted by atomic mass is 14.3. The van der Waals surface area contributed by atoms with Gasteiger partial charge in [0.05, 0.1) is 0 Å². The van der Waals surface area contributed by atoms with Crippen molar-refractivity contribution in [3.63, 3.8) is 0 Å². The van der Waals surface area contributed by atoms with Gasteiger partial charge in [-0.2, -0.15) is 0 Å². The van der Waals surface area contributed by atoms with Crippen LogP contribution in [0.15, 0.2) is 71.8 Å². The molecule has 0 nitrogen and oxygen atoms in total. The summed E-state index contributed by atoms with van der Waals surface area (Å²) in [5.74, 6) is 0.843. The predicted octanol–water partition coefficient (Wildman–Crippen LogP) is 5.97. The maximum absolute atomic E-state index is 2.30. The molecule has 1 atom stereocenters. The minimum absolute atomic E-state index is 0.843. The number of hydrogen-bond acceptors (Lipinski definition) is 0.